The van der Waals surface area contributed by atoms with E-state index in [-0.39, 0.29) is 11.9 Å². The first-order chi connectivity index (χ1) is 11.8. The van der Waals surface area contributed by atoms with Crippen LogP contribution in [0.2, 0.25) is 0 Å². The molecule has 0 saturated carbocycles. The third-order valence-corrected chi connectivity index (χ3v) is 5.75. The fourth-order valence-electron chi connectivity index (χ4n) is 3.46. The summed E-state index contributed by atoms with van der Waals surface area (Å²) >= 11 is 1.55. The molecule has 1 fully saturated rings. The second-order valence-corrected chi connectivity index (χ2v) is 7.28. The highest BCUT2D eigenvalue weighted by Crippen LogP contribution is 2.40. The van der Waals surface area contributed by atoms with Crippen molar-refractivity contribution < 1.29 is 5.11 Å². The maximum absolute atomic E-state index is 10.8. The van der Waals surface area contributed by atoms with Crippen LogP contribution in [0.15, 0.2) is 30.3 Å². The largest absolute Gasteiger partial charge is 0.492 e. The fourth-order valence-corrected chi connectivity index (χ4v) is 4.59. The Morgan fingerprint density at radius 2 is 1.92 bits per heavy atom. The zero-order valence-electron chi connectivity index (χ0n) is 13.9. The van der Waals surface area contributed by atoms with E-state index in [1.54, 1.807) is 15.9 Å². The third-order valence-electron chi connectivity index (χ3n) is 4.68. The Labute approximate surface area is 145 Å². The molecule has 1 aliphatic heterocycles. The summed E-state index contributed by atoms with van der Waals surface area (Å²) in [4.78, 5) is 8.72. The maximum atomic E-state index is 10.8. The lowest BCUT2D eigenvalue weighted by atomic mass is 10.0. The highest BCUT2D eigenvalue weighted by molar-refractivity contribution is 7.17. The minimum absolute atomic E-state index is 0.0741. The van der Waals surface area contributed by atoms with Crippen LogP contribution in [0, 0.1) is 0 Å². The molecule has 1 saturated heterocycles. The summed E-state index contributed by atoms with van der Waals surface area (Å²) in [5.74, 6) is 1.01. The number of aromatic nitrogens is 3. The van der Waals surface area contributed by atoms with Crippen LogP contribution in [-0.4, -0.2) is 37.7 Å². The summed E-state index contributed by atoms with van der Waals surface area (Å²) < 4.78 is 1.60. The molecular formula is C18H22N4OS. The second-order valence-electron chi connectivity index (χ2n) is 6.28. The van der Waals surface area contributed by atoms with E-state index >= 15 is 0 Å². The Kier molecular flexibility index (Phi) is 4.24. The molecule has 0 aliphatic carbocycles. The number of hydrogen-bond acceptors (Lipinski definition) is 5. The Balaban J connectivity index is 1.80. The van der Waals surface area contributed by atoms with Gasteiger partial charge in [-0.15, -0.1) is 5.10 Å². The van der Waals surface area contributed by atoms with Gasteiger partial charge in [-0.05, 0) is 31.5 Å². The number of nitrogens with zero attached hydrogens (tertiary/aromatic N) is 4. The highest BCUT2D eigenvalue weighted by Gasteiger charge is 2.30. The predicted molar refractivity (Wildman–Crippen MR) is 95.6 cm³/mol. The quantitative estimate of drug-likeness (QED) is 0.786. The van der Waals surface area contributed by atoms with E-state index in [0.29, 0.717) is 0 Å². The summed E-state index contributed by atoms with van der Waals surface area (Å²) in [6.45, 7) is 4.15. The molecule has 5 nitrogen and oxygen atoms in total. The van der Waals surface area contributed by atoms with E-state index in [4.69, 9.17) is 0 Å². The van der Waals surface area contributed by atoms with Gasteiger partial charge in [0.2, 0.25) is 10.8 Å². The van der Waals surface area contributed by atoms with Gasteiger partial charge in [-0.2, -0.15) is 4.52 Å². The number of rotatable bonds is 4. The van der Waals surface area contributed by atoms with Gasteiger partial charge in [-0.1, -0.05) is 55.0 Å². The molecular weight excluding hydrogens is 320 g/mol. The van der Waals surface area contributed by atoms with Crippen LogP contribution in [0.3, 0.4) is 0 Å². The third kappa shape index (κ3) is 2.70. The SMILES string of the molecule is CCc1nc2sc(C(c3ccccc3)N3CCCCC3)c(O)n2n1. The number of likely N-dealkylation sites (tertiary alicyclic amines) is 1. The van der Waals surface area contributed by atoms with Crippen LogP contribution in [0.25, 0.3) is 4.96 Å². The van der Waals surface area contributed by atoms with Crippen molar-refractivity contribution in [2.24, 2.45) is 0 Å². The molecule has 3 aromatic rings. The zero-order chi connectivity index (χ0) is 16.5. The first kappa shape index (κ1) is 15.6. The van der Waals surface area contributed by atoms with Gasteiger partial charge < -0.3 is 5.11 Å². The molecule has 126 valence electrons. The Morgan fingerprint density at radius 3 is 2.58 bits per heavy atom. The summed E-state index contributed by atoms with van der Waals surface area (Å²) in [7, 11) is 0. The lowest BCUT2D eigenvalue weighted by molar-refractivity contribution is 0.186. The van der Waals surface area contributed by atoms with Gasteiger partial charge in [0.05, 0.1) is 10.9 Å². The average Bonchev–Trinajstić information content (AvgIpc) is 3.17. The van der Waals surface area contributed by atoms with Crippen molar-refractivity contribution in [3.8, 4) is 5.88 Å². The van der Waals surface area contributed by atoms with Crippen molar-refractivity contribution in [1.82, 2.24) is 19.5 Å². The summed E-state index contributed by atoms with van der Waals surface area (Å²) in [5, 5.41) is 15.2. The first-order valence-corrected chi connectivity index (χ1v) is 9.46. The number of benzene rings is 1. The Bertz CT molecular complexity index is 820. The summed E-state index contributed by atoms with van der Waals surface area (Å²) in [6, 6.07) is 10.5. The molecule has 1 aromatic carbocycles. The lowest BCUT2D eigenvalue weighted by Gasteiger charge is -2.34. The van der Waals surface area contributed by atoms with Crippen molar-refractivity contribution >= 4 is 16.3 Å². The topological polar surface area (TPSA) is 53.7 Å². The monoisotopic (exact) mass is 342 g/mol. The molecule has 1 aliphatic rings. The van der Waals surface area contributed by atoms with Gasteiger partial charge in [0.1, 0.15) is 0 Å². The van der Waals surface area contributed by atoms with Crippen molar-refractivity contribution in [2.75, 3.05) is 13.1 Å². The predicted octanol–water partition coefficient (Wildman–Crippen LogP) is 3.63. The number of fused-ring (bicyclic) bond motifs is 1. The van der Waals surface area contributed by atoms with E-state index in [1.807, 2.05) is 13.0 Å². The minimum Gasteiger partial charge on any atom is -0.492 e. The van der Waals surface area contributed by atoms with Gasteiger partial charge >= 0.3 is 0 Å². The van der Waals surface area contributed by atoms with Gasteiger partial charge in [0, 0.05) is 6.42 Å². The fraction of sp³-hybridized carbons (Fsp3) is 0.444. The van der Waals surface area contributed by atoms with Crippen LogP contribution in [0.1, 0.15) is 48.5 Å². The molecule has 3 heterocycles. The molecule has 0 bridgehead atoms. The van der Waals surface area contributed by atoms with Crippen molar-refractivity contribution in [3.05, 3.63) is 46.6 Å². The number of aryl methyl sites for hydroxylation is 1. The van der Waals surface area contributed by atoms with E-state index < -0.39 is 0 Å². The van der Waals surface area contributed by atoms with E-state index in [1.165, 1.54) is 24.8 Å². The van der Waals surface area contributed by atoms with Crippen molar-refractivity contribution in [3.63, 3.8) is 0 Å². The standard InChI is InChI=1S/C18H22N4OS/c1-2-14-19-18-22(20-14)17(23)16(24-18)15(13-9-5-3-6-10-13)21-11-7-4-8-12-21/h3,5-6,9-10,15,23H,2,4,7-8,11-12H2,1H3. The first-order valence-electron chi connectivity index (χ1n) is 8.64. The molecule has 1 atom stereocenters. The number of thiazole rings is 1. The van der Waals surface area contributed by atoms with Crippen LogP contribution in [0.4, 0.5) is 0 Å². The van der Waals surface area contributed by atoms with Crippen LogP contribution in [0.5, 0.6) is 5.88 Å². The molecule has 2 aromatic heterocycles. The molecule has 1 unspecified atom stereocenters. The molecule has 4 rings (SSSR count). The van der Waals surface area contributed by atoms with Crippen LogP contribution >= 0.6 is 11.3 Å². The van der Waals surface area contributed by atoms with Crippen LogP contribution in [-0.2, 0) is 6.42 Å². The lowest BCUT2D eigenvalue weighted by Crippen LogP contribution is -2.34. The molecule has 6 heteroatoms. The number of piperidine rings is 1. The molecule has 24 heavy (non-hydrogen) atoms. The molecule has 0 spiro atoms. The zero-order valence-corrected chi connectivity index (χ0v) is 14.7. The number of hydrogen-bond donors (Lipinski definition) is 1. The van der Waals surface area contributed by atoms with Gasteiger partial charge in [-0.3, -0.25) is 4.90 Å². The van der Waals surface area contributed by atoms with E-state index in [0.717, 1.165) is 35.2 Å². The van der Waals surface area contributed by atoms with E-state index in [2.05, 4.69) is 39.2 Å². The normalized spacial score (nSPS) is 17.4. The van der Waals surface area contributed by atoms with Gasteiger partial charge in [-0.25, -0.2) is 4.98 Å². The summed E-state index contributed by atoms with van der Waals surface area (Å²) in [6.07, 6.45) is 4.49. The van der Waals surface area contributed by atoms with Crippen LogP contribution < -0.4 is 0 Å². The number of aromatic hydroxyl groups is 1. The van der Waals surface area contributed by atoms with E-state index in [9.17, 15) is 5.11 Å². The van der Waals surface area contributed by atoms with Gasteiger partial charge in [0.15, 0.2) is 5.82 Å². The maximum Gasteiger partial charge on any atom is 0.230 e. The average molecular weight is 342 g/mol. The minimum atomic E-state index is 0.0741. The molecule has 0 amide bonds. The Morgan fingerprint density at radius 1 is 1.17 bits per heavy atom. The van der Waals surface area contributed by atoms with Crippen molar-refractivity contribution in [2.45, 2.75) is 38.6 Å². The van der Waals surface area contributed by atoms with Crippen molar-refractivity contribution in [1.29, 1.82) is 0 Å². The summed E-state index contributed by atoms with van der Waals surface area (Å²) in [5.41, 5.74) is 1.22. The second kappa shape index (κ2) is 6.53. The molecule has 1 N–H and O–H groups in total. The highest BCUT2D eigenvalue weighted by atomic mass is 32.1. The smallest absolute Gasteiger partial charge is 0.230 e. The Hall–Kier alpha value is -1.92. The van der Waals surface area contributed by atoms with Gasteiger partial charge in [0.25, 0.3) is 0 Å². The molecule has 0 radical (unpaired) electrons.